The van der Waals surface area contributed by atoms with E-state index in [2.05, 4.69) is 20.2 Å². The van der Waals surface area contributed by atoms with E-state index in [1.165, 1.54) is 6.26 Å². The molecule has 2 heterocycles. The van der Waals surface area contributed by atoms with Crippen molar-refractivity contribution in [3.8, 4) is 0 Å². The predicted octanol–water partition coefficient (Wildman–Crippen LogP) is 1.72. The Labute approximate surface area is 146 Å². The molecule has 8 heteroatoms. The number of aromatic nitrogens is 2. The lowest BCUT2D eigenvalue weighted by Gasteiger charge is -2.15. The monoisotopic (exact) mass is 360 g/mol. The van der Waals surface area contributed by atoms with Crippen LogP contribution in [0.2, 0.25) is 0 Å². The highest BCUT2D eigenvalue weighted by atomic mass is 32.2. The second-order valence-corrected chi connectivity index (χ2v) is 7.57. The largest absolute Gasteiger partial charge is 0.365 e. The predicted molar refractivity (Wildman–Crippen MR) is 94.6 cm³/mol. The van der Waals surface area contributed by atoms with Gasteiger partial charge in [-0.25, -0.2) is 13.1 Å². The van der Waals surface area contributed by atoms with Crippen LogP contribution < -0.4 is 10.0 Å². The van der Waals surface area contributed by atoms with Gasteiger partial charge in [-0.05, 0) is 30.5 Å². The number of hydrogen-bond donors (Lipinski definition) is 2. The Kier molecular flexibility index (Phi) is 5.42. The molecule has 25 heavy (non-hydrogen) atoms. The van der Waals surface area contributed by atoms with Gasteiger partial charge in [0, 0.05) is 49.4 Å². The number of fused-ring (bicyclic) bond motifs is 1. The van der Waals surface area contributed by atoms with Gasteiger partial charge in [0.2, 0.25) is 10.0 Å². The fraction of sp³-hybridized carbons (Fsp3) is 0.294. The van der Waals surface area contributed by atoms with Gasteiger partial charge in [0.1, 0.15) is 6.26 Å². The number of nitrogens with one attached hydrogen (secondary N) is 2. The molecule has 0 aliphatic rings. The average molecular weight is 360 g/mol. The summed E-state index contributed by atoms with van der Waals surface area (Å²) in [4.78, 5) is 4.28. The minimum absolute atomic E-state index is 0.240. The van der Waals surface area contributed by atoms with Crippen LogP contribution >= 0.6 is 0 Å². The minimum Gasteiger partial charge on any atom is -0.365 e. The van der Waals surface area contributed by atoms with Gasteiger partial charge in [-0.15, -0.1) is 0 Å². The first kappa shape index (κ1) is 17.5. The molecule has 0 saturated heterocycles. The van der Waals surface area contributed by atoms with E-state index in [0.717, 1.165) is 22.9 Å². The molecule has 0 spiro atoms. The molecule has 1 aromatic carbocycles. The molecule has 0 fully saturated rings. The molecule has 0 aliphatic carbocycles. The summed E-state index contributed by atoms with van der Waals surface area (Å²) in [6, 6.07) is 8.38. The fourth-order valence-electron chi connectivity index (χ4n) is 2.50. The molecule has 2 aromatic heterocycles. The Bertz CT molecular complexity index is 926. The van der Waals surface area contributed by atoms with Crippen LogP contribution in [0.3, 0.4) is 0 Å². The van der Waals surface area contributed by atoms with Gasteiger partial charge >= 0.3 is 0 Å². The van der Waals surface area contributed by atoms with E-state index in [9.17, 15) is 8.42 Å². The molecular formula is C17H20N4O3S. The zero-order valence-electron chi connectivity index (χ0n) is 13.8. The van der Waals surface area contributed by atoms with Crippen molar-refractivity contribution in [1.82, 2.24) is 20.2 Å². The molecule has 3 rings (SSSR count). The molecule has 0 saturated carbocycles. The zero-order chi connectivity index (χ0) is 17.7. The van der Waals surface area contributed by atoms with Gasteiger partial charge in [-0.1, -0.05) is 11.2 Å². The molecule has 7 nitrogen and oxygen atoms in total. The van der Waals surface area contributed by atoms with Gasteiger partial charge in [0.15, 0.2) is 0 Å². The van der Waals surface area contributed by atoms with E-state index >= 15 is 0 Å². The van der Waals surface area contributed by atoms with Crippen molar-refractivity contribution >= 4 is 20.8 Å². The summed E-state index contributed by atoms with van der Waals surface area (Å²) in [7, 11) is -3.57. The highest BCUT2D eigenvalue weighted by Gasteiger charge is 2.17. The summed E-state index contributed by atoms with van der Waals surface area (Å²) < 4.78 is 32.5. The molecule has 132 valence electrons. The summed E-state index contributed by atoms with van der Waals surface area (Å²) in [5.74, 6) is 0. The molecule has 0 amide bonds. The smallest absolute Gasteiger partial charge is 0.240 e. The molecular weight excluding hydrogens is 340 g/mol. The van der Waals surface area contributed by atoms with Crippen molar-refractivity contribution in [2.45, 2.75) is 24.3 Å². The van der Waals surface area contributed by atoms with Crippen molar-refractivity contribution in [3.63, 3.8) is 0 Å². The van der Waals surface area contributed by atoms with E-state index in [-0.39, 0.29) is 10.9 Å². The molecule has 1 atom stereocenters. The van der Waals surface area contributed by atoms with Crippen LogP contribution in [0.5, 0.6) is 0 Å². The minimum atomic E-state index is -3.57. The first-order chi connectivity index (χ1) is 12.0. The zero-order valence-corrected chi connectivity index (χ0v) is 14.7. The van der Waals surface area contributed by atoms with Crippen molar-refractivity contribution < 1.29 is 12.9 Å². The normalized spacial score (nSPS) is 13.2. The highest BCUT2D eigenvalue weighted by molar-refractivity contribution is 7.89. The van der Waals surface area contributed by atoms with E-state index < -0.39 is 10.0 Å². The van der Waals surface area contributed by atoms with E-state index in [1.54, 1.807) is 36.7 Å². The maximum absolute atomic E-state index is 12.5. The summed E-state index contributed by atoms with van der Waals surface area (Å²) in [6.07, 6.45) is 5.62. The lowest BCUT2D eigenvalue weighted by molar-refractivity contribution is 0.410. The van der Waals surface area contributed by atoms with E-state index in [1.807, 2.05) is 13.0 Å². The molecule has 3 aromatic rings. The summed E-state index contributed by atoms with van der Waals surface area (Å²) >= 11 is 0. The van der Waals surface area contributed by atoms with Gasteiger partial charge < -0.3 is 9.84 Å². The Morgan fingerprint density at radius 1 is 1.20 bits per heavy atom. The number of nitrogens with zero attached hydrogens (tertiary/aromatic N) is 2. The maximum atomic E-state index is 12.5. The third-order valence-electron chi connectivity index (χ3n) is 3.78. The third kappa shape index (κ3) is 4.62. The lowest BCUT2D eigenvalue weighted by atomic mass is 10.2. The molecule has 0 bridgehead atoms. The second kappa shape index (κ2) is 7.73. The third-order valence-corrected chi connectivity index (χ3v) is 5.37. The molecule has 0 radical (unpaired) electrons. The van der Waals surface area contributed by atoms with Gasteiger partial charge in [0.25, 0.3) is 0 Å². The van der Waals surface area contributed by atoms with Crippen LogP contribution in [0, 0.1) is 0 Å². The van der Waals surface area contributed by atoms with Crippen molar-refractivity contribution in [1.29, 1.82) is 0 Å². The van der Waals surface area contributed by atoms with Crippen molar-refractivity contribution in [2.75, 3.05) is 13.1 Å². The quantitative estimate of drug-likeness (QED) is 0.594. The number of hydrogen-bond acceptors (Lipinski definition) is 6. The average Bonchev–Trinajstić information content (AvgIpc) is 3.11. The van der Waals surface area contributed by atoms with Crippen LogP contribution in [0.1, 0.15) is 12.6 Å². The van der Waals surface area contributed by atoms with Crippen LogP contribution in [-0.2, 0) is 16.4 Å². The summed E-state index contributed by atoms with van der Waals surface area (Å²) in [6.45, 7) is 3.04. The summed E-state index contributed by atoms with van der Waals surface area (Å²) in [5.41, 5.74) is 0.867. The summed E-state index contributed by atoms with van der Waals surface area (Å²) in [5, 5.41) is 8.79. The number of rotatable bonds is 8. The molecule has 0 aliphatic heterocycles. The number of sulfonamides is 1. The Hall–Kier alpha value is -2.29. The Balaban J connectivity index is 1.56. The SMILES string of the molecule is C[C@H](CNCCc1ccon1)NS(=O)(=O)c1ccc2cnccc2c1. The lowest BCUT2D eigenvalue weighted by Crippen LogP contribution is -2.40. The number of benzene rings is 1. The van der Waals surface area contributed by atoms with Crippen molar-refractivity contribution in [3.05, 3.63) is 54.7 Å². The van der Waals surface area contributed by atoms with Gasteiger partial charge in [-0.2, -0.15) is 0 Å². The highest BCUT2D eigenvalue weighted by Crippen LogP contribution is 2.18. The Morgan fingerprint density at radius 2 is 2.08 bits per heavy atom. The maximum Gasteiger partial charge on any atom is 0.240 e. The van der Waals surface area contributed by atoms with Crippen LogP contribution in [0.15, 0.2) is 58.4 Å². The van der Waals surface area contributed by atoms with E-state index in [4.69, 9.17) is 4.52 Å². The number of pyridine rings is 1. The van der Waals surface area contributed by atoms with Gasteiger partial charge in [0.05, 0.1) is 10.6 Å². The van der Waals surface area contributed by atoms with Crippen molar-refractivity contribution in [2.24, 2.45) is 0 Å². The first-order valence-electron chi connectivity index (χ1n) is 8.01. The van der Waals surface area contributed by atoms with Gasteiger partial charge in [-0.3, -0.25) is 4.98 Å². The first-order valence-corrected chi connectivity index (χ1v) is 9.49. The standard InChI is InChI=1S/C17H20N4O3S/c1-13(11-18-8-5-16-6-9-24-20-16)21-25(22,23)17-3-2-15-12-19-7-4-14(15)10-17/h2-4,6-7,9-10,12-13,18,21H,5,8,11H2,1H3/t13-/m1/s1. The molecule has 0 unspecified atom stereocenters. The van der Waals surface area contributed by atoms with Crippen LogP contribution in [0.4, 0.5) is 0 Å². The van der Waals surface area contributed by atoms with E-state index in [0.29, 0.717) is 13.1 Å². The fourth-order valence-corrected chi connectivity index (χ4v) is 3.78. The van der Waals surface area contributed by atoms with Crippen LogP contribution in [-0.4, -0.2) is 37.7 Å². The topological polar surface area (TPSA) is 97.1 Å². The molecule has 2 N–H and O–H groups in total. The Morgan fingerprint density at radius 3 is 2.88 bits per heavy atom. The second-order valence-electron chi connectivity index (χ2n) is 5.85. The van der Waals surface area contributed by atoms with Crippen LogP contribution in [0.25, 0.3) is 10.8 Å².